The average molecular weight is 326 g/mol. The van der Waals surface area contributed by atoms with Crippen LogP contribution in [0.1, 0.15) is 50.2 Å². The summed E-state index contributed by atoms with van der Waals surface area (Å²) in [4.78, 5) is 14.5. The fourth-order valence-corrected chi connectivity index (χ4v) is 3.15. The first-order valence-corrected chi connectivity index (χ1v) is 8.41. The van der Waals surface area contributed by atoms with Crippen LogP contribution in [-0.4, -0.2) is 21.2 Å². The predicted molar refractivity (Wildman–Crippen MR) is 86.6 cm³/mol. The van der Waals surface area contributed by atoms with Crippen LogP contribution >= 0.6 is 23.2 Å². The Balaban J connectivity index is 1.69. The highest BCUT2D eigenvalue weighted by Gasteiger charge is 2.58. The lowest BCUT2D eigenvalue weighted by molar-refractivity contribution is -0.133. The van der Waals surface area contributed by atoms with Gasteiger partial charge in [-0.2, -0.15) is 0 Å². The van der Waals surface area contributed by atoms with Crippen molar-refractivity contribution in [1.82, 2.24) is 4.90 Å². The summed E-state index contributed by atoms with van der Waals surface area (Å²) < 4.78 is -0.828. The molecule has 2 aliphatic rings. The summed E-state index contributed by atoms with van der Waals surface area (Å²) >= 11 is 12.1. The van der Waals surface area contributed by atoms with E-state index in [4.69, 9.17) is 23.2 Å². The summed E-state index contributed by atoms with van der Waals surface area (Å²) in [5.41, 5.74) is 2.50. The summed E-state index contributed by atoms with van der Waals surface area (Å²) in [7, 11) is 0. The molecule has 0 saturated heterocycles. The van der Waals surface area contributed by atoms with Crippen LogP contribution in [0.25, 0.3) is 0 Å². The Morgan fingerprint density at radius 2 is 1.86 bits per heavy atom. The van der Waals surface area contributed by atoms with Gasteiger partial charge >= 0.3 is 0 Å². The van der Waals surface area contributed by atoms with Gasteiger partial charge < -0.3 is 4.90 Å². The van der Waals surface area contributed by atoms with Crippen LogP contribution in [0.5, 0.6) is 0 Å². The van der Waals surface area contributed by atoms with Crippen LogP contribution < -0.4 is 0 Å². The first kappa shape index (κ1) is 15.2. The third kappa shape index (κ3) is 3.37. The van der Waals surface area contributed by atoms with Gasteiger partial charge in [-0.3, -0.25) is 4.79 Å². The molecule has 1 aromatic carbocycles. The summed E-state index contributed by atoms with van der Waals surface area (Å²) in [5, 5.41) is 0. The molecule has 0 N–H and O–H groups in total. The van der Waals surface area contributed by atoms with Gasteiger partial charge in [0.25, 0.3) is 0 Å². The SMILES string of the molecule is CC(C)c1ccc(CN(C(=O)C2CC2(Cl)Cl)C2CC2)cc1. The van der Waals surface area contributed by atoms with Gasteiger partial charge in [-0.05, 0) is 36.3 Å². The van der Waals surface area contributed by atoms with E-state index in [1.807, 2.05) is 4.90 Å². The van der Waals surface area contributed by atoms with Gasteiger partial charge in [-0.15, -0.1) is 23.2 Å². The molecule has 1 atom stereocenters. The Labute approximate surface area is 136 Å². The number of hydrogen-bond donors (Lipinski definition) is 0. The fraction of sp³-hybridized carbons (Fsp3) is 0.588. The van der Waals surface area contributed by atoms with Crippen LogP contribution in [0.2, 0.25) is 0 Å². The highest BCUT2D eigenvalue weighted by atomic mass is 35.5. The van der Waals surface area contributed by atoms with Gasteiger partial charge in [0.15, 0.2) is 0 Å². The van der Waals surface area contributed by atoms with E-state index in [9.17, 15) is 4.79 Å². The summed E-state index contributed by atoms with van der Waals surface area (Å²) in [6.07, 6.45) is 2.78. The molecule has 0 aromatic heterocycles. The van der Waals surface area contributed by atoms with Crippen molar-refractivity contribution in [2.45, 2.75) is 55.9 Å². The van der Waals surface area contributed by atoms with E-state index in [1.54, 1.807) is 0 Å². The molecule has 21 heavy (non-hydrogen) atoms. The molecule has 1 amide bonds. The lowest BCUT2D eigenvalue weighted by atomic mass is 10.0. The van der Waals surface area contributed by atoms with Crippen LogP contribution in [0.3, 0.4) is 0 Å². The minimum absolute atomic E-state index is 0.121. The molecule has 2 aliphatic carbocycles. The average Bonchev–Trinajstić information content (AvgIpc) is 3.33. The van der Waals surface area contributed by atoms with E-state index in [1.165, 1.54) is 11.1 Å². The van der Waals surface area contributed by atoms with Crippen molar-refractivity contribution < 1.29 is 4.79 Å². The maximum atomic E-state index is 12.5. The van der Waals surface area contributed by atoms with Crippen LogP contribution in [0.15, 0.2) is 24.3 Å². The number of benzene rings is 1. The molecule has 0 aliphatic heterocycles. The molecular weight excluding hydrogens is 305 g/mol. The molecule has 2 fully saturated rings. The van der Waals surface area contributed by atoms with Gasteiger partial charge in [-0.1, -0.05) is 38.1 Å². The Kier molecular flexibility index (Phi) is 3.96. The van der Waals surface area contributed by atoms with Crippen LogP contribution in [0, 0.1) is 5.92 Å². The maximum absolute atomic E-state index is 12.5. The molecule has 1 unspecified atom stereocenters. The van der Waals surface area contributed by atoms with Crippen molar-refractivity contribution in [3.05, 3.63) is 35.4 Å². The van der Waals surface area contributed by atoms with Crippen molar-refractivity contribution in [1.29, 1.82) is 0 Å². The predicted octanol–water partition coefficient (Wildman–Crippen LogP) is 4.49. The third-order valence-corrected chi connectivity index (χ3v) is 5.23. The molecule has 2 saturated carbocycles. The number of halogens is 2. The molecule has 0 radical (unpaired) electrons. The van der Waals surface area contributed by atoms with Crippen LogP contribution in [-0.2, 0) is 11.3 Å². The topological polar surface area (TPSA) is 20.3 Å². The molecule has 114 valence electrons. The van der Waals surface area contributed by atoms with Crippen molar-refractivity contribution in [2.24, 2.45) is 5.92 Å². The zero-order chi connectivity index (χ0) is 15.2. The molecule has 0 bridgehead atoms. The van der Waals surface area contributed by atoms with Crippen molar-refractivity contribution in [3.8, 4) is 0 Å². The number of hydrogen-bond acceptors (Lipinski definition) is 1. The first-order valence-electron chi connectivity index (χ1n) is 7.65. The number of alkyl halides is 2. The van der Waals surface area contributed by atoms with Gasteiger partial charge in [0.05, 0.1) is 5.92 Å². The quantitative estimate of drug-likeness (QED) is 0.730. The third-order valence-electron chi connectivity index (χ3n) is 4.39. The molecule has 2 nitrogen and oxygen atoms in total. The normalized spacial score (nSPS) is 23.2. The monoisotopic (exact) mass is 325 g/mol. The van der Waals surface area contributed by atoms with E-state index in [0.717, 1.165) is 12.8 Å². The van der Waals surface area contributed by atoms with E-state index in [-0.39, 0.29) is 11.8 Å². The standard InChI is InChI=1S/C17H21Cl2NO/c1-11(2)13-5-3-12(4-6-13)10-20(14-7-8-14)16(21)15-9-17(15,18)19/h3-6,11,14-15H,7-10H2,1-2H3. The Morgan fingerprint density at radius 1 is 1.29 bits per heavy atom. The van der Waals surface area contributed by atoms with Crippen molar-refractivity contribution in [3.63, 3.8) is 0 Å². The first-order chi connectivity index (χ1) is 9.88. The van der Waals surface area contributed by atoms with Crippen molar-refractivity contribution in [2.75, 3.05) is 0 Å². The van der Waals surface area contributed by atoms with Gasteiger partial charge in [0.1, 0.15) is 4.33 Å². The molecule has 4 heteroatoms. The number of carbonyl (C=O) groups excluding carboxylic acids is 1. The zero-order valence-corrected chi connectivity index (χ0v) is 14.0. The highest BCUT2D eigenvalue weighted by molar-refractivity contribution is 6.52. The van der Waals surface area contributed by atoms with Crippen LogP contribution in [0.4, 0.5) is 0 Å². The Morgan fingerprint density at radius 3 is 2.29 bits per heavy atom. The van der Waals surface area contributed by atoms with Gasteiger partial charge in [0, 0.05) is 12.6 Å². The summed E-state index contributed by atoms with van der Waals surface area (Å²) in [5.74, 6) is 0.437. The lowest BCUT2D eigenvalue weighted by Crippen LogP contribution is -2.34. The number of rotatable bonds is 5. The largest absolute Gasteiger partial charge is 0.335 e. The van der Waals surface area contributed by atoms with E-state index < -0.39 is 4.33 Å². The van der Waals surface area contributed by atoms with E-state index in [0.29, 0.717) is 24.9 Å². The highest BCUT2D eigenvalue weighted by Crippen LogP contribution is 2.54. The molecule has 1 aromatic rings. The summed E-state index contributed by atoms with van der Waals surface area (Å²) in [6, 6.07) is 8.94. The molecule has 0 spiro atoms. The summed E-state index contributed by atoms with van der Waals surface area (Å²) in [6.45, 7) is 5.04. The number of carbonyl (C=O) groups is 1. The Bertz CT molecular complexity index is 534. The van der Waals surface area contributed by atoms with Crippen molar-refractivity contribution >= 4 is 29.1 Å². The maximum Gasteiger partial charge on any atom is 0.229 e. The fourth-order valence-electron chi connectivity index (χ4n) is 2.66. The lowest BCUT2D eigenvalue weighted by Gasteiger charge is -2.23. The molecule has 0 heterocycles. The smallest absolute Gasteiger partial charge is 0.229 e. The van der Waals surface area contributed by atoms with Gasteiger partial charge in [0.2, 0.25) is 5.91 Å². The zero-order valence-electron chi connectivity index (χ0n) is 12.5. The van der Waals surface area contributed by atoms with E-state index >= 15 is 0 Å². The second-order valence-corrected chi connectivity index (χ2v) is 8.15. The second kappa shape index (κ2) is 5.48. The molecular formula is C17H21Cl2NO. The number of nitrogens with zero attached hydrogens (tertiary/aromatic N) is 1. The minimum Gasteiger partial charge on any atom is -0.335 e. The number of amides is 1. The minimum atomic E-state index is -0.828. The Hall–Kier alpha value is -0.730. The second-order valence-electron chi connectivity index (χ2n) is 6.61. The molecule has 3 rings (SSSR count). The van der Waals surface area contributed by atoms with Gasteiger partial charge in [-0.25, -0.2) is 0 Å². The van der Waals surface area contributed by atoms with E-state index in [2.05, 4.69) is 38.1 Å².